The zero-order valence-corrected chi connectivity index (χ0v) is 11.6. The summed E-state index contributed by atoms with van der Waals surface area (Å²) in [7, 11) is 0. The molecule has 1 rings (SSSR count). The molecule has 1 heteroatoms. The Morgan fingerprint density at radius 1 is 1.12 bits per heavy atom. The third-order valence-electron chi connectivity index (χ3n) is 2.66. The molecule has 94 valence electrons. The van der Waals surface area contributed by atoms with Crippen molar-refractivity contribution in [1.82, 2.24) is 5.32 Å². The van der Waals surface area contributed by atoms with Crippen LogP contribution in [0.3, 0.4) is 0 Å². The molecule has 0 saturated carbocycles. The van der Waals surface area contributed by atoms with E-state index in [-0.39, 0.29) is 5.54 Å². The Bertz CT molecular complexity index is 341. The van der Waals surface area contributed by atoms with Crippen LogP contribution in [0.15, 0.2) is 30.3 Å². The van der Waals surface area contributed by atoms with Crippen LogP contribution in [0.1, 0.15) is 45.2 Å². The molecular formula is C16H25N. The van der Waals surface area contributed by atoms with Crippen LogP contribution in [0.5, 0.6) is 0 Å². The van der Waals surface area contributed by atoms with Crippen LogP contribution in [-0.4, -0.2) is 12.1 Å². The van der Waals surface area contributed by atoms with Gasteiger partial charge in [-0.2, -0.15) is 0 Å². The van der Waals surface area contributed by atoms with Crippen molar-refractivity contribution in [3.05, 3.63) is 41.5 Å². The van der Waals surface area contributed by atoms with Gasteiger partial charge < -0.3 is 5.32 Å². The van der Waals surface area contributed by atoms with Gasteiger partial charge in [0.05, 0.1) is 0 Å². The highest BCUT2D eigenvalue weighted by Crippen LogP contribution is 2.07. The summed E-state index contributed by atoms with van der Waals surface area (Å²) < 4.78 is 0. The molecular weight excluding hydrogens is 206 g/mol. The van der Waals surface area contributed by atoms with Crippen molar-refractivity contribution in [2.45, 2.75) is 46.1 Å². The molecule has 0 atom stereocenters. The minimum atomic E-state index is 0.219. The van der Waals surface area contributed by atoms with Gasteiger partial charge in [0, 0.05) is 5.54 Å². The fourth-order valence-electron chi connectivity index (χ4n) is 1.61. The van der Waals surface area contributed by atoms with Crippen LogP contribution in [0, 0.1) is 0 Å². The second-order valence-corrected chi connectivity index (χ2v) is 5.46. The van der Waals surface area contributed by atoms with Crippen molar-refractivity contribution >= 4 is 6.08 Å². The Morgan fingerprint density at radius 2 is 1.76 bits per heavy atom. The second-order valence-electron chi connectivity index (χ2n) is 5.46. The highest BCUT2D eigenvalue weighted by Gasteiger charge is 2.06. The molecule has 1 aromatic rings. The van der Waals surface area contributed by atoms with Gasteiger partial charge in [0.25, 0.3) is 0 Å². The van der Waals surface area contributed by atoms with Crippen LogP contribution in [0.4, 0.5) is 0 Å². The number of hydrogen-bond donors (Lipinski definition) is 1. The molecule has 1 nitrogen and oxygen atoms in total. The molecule has 0 unspecified atom stereocenters. The Hall–Kier alpha value is -1.08. The minimum absolute atomic E-state index is 0.219. The number of hydrogen-bond acceptors (Lipinski definition) is 1. The average molecular weight is 231 g/mol. The number of aryl methyl sites for hydroxylation is 1. The first-order valence-corrected chi connectivity index (χ1v) is 6.52. The van der Waals surface area contributed by atoms with Crippen molar-refractivity contribution in [2.24, 2.45) is 0 Å². The van der Waals surface area contributed by atoms with Crippen LogP contribution in [0.2, 0.25) is 0 Å². The van der Waals surface area contributed by atoms with Gasteiger partial charge in [-0.3, -0.25) is 0 Å². The highest BCUT2D eigenvalue weighted by molar-refractivity contribution is 5.49. The predicted octanol–water partition coefficient (Wildman–Crippen LogP) is 4.04. The average Bonchev–Trinajstić information content (AvgIpc) is 2.28. The van der Waals surface area contributed by atoms with Crippen LogP contribution >= 0.6 is 0 Å². The molecule has 0 bridgehead atoms. The highest BCUT2D eigenvalue weighted by atomic mass is 14.9. The van der Waals surface area contributed by atoms with E-state index in [2.05, 4.69) is 69.4 Å². The van der Waals surface area contributed by atoms with Crippen LogP contribution in [-0.2, 0) is 6.42 Å². The molecule has 17 heavy (non-hydrogen) atoms. The lowest BCUT2D eigenvalue weighted by Crippen LogP contribution is -2.36. The fraction of sp³-hybridized carbons (Fsp3) is 0.500. The maximum Gasteiger partial charge on any atom is 0.00966 e. The van der Waals surface area contributed by atoms with Crippen molar-refractivity contribution in [3.63, 3.8) is 0 Å². The van der Waals surface area contributed by atoms with Crippen LogP contribution < -0.4 is 5.32 Å². The standard InChI is InChI=1S/C16H25N/c1-5-14-9-11-15(12-10-14)8-6-7-13-17-16(2,3)4/h6,8-12,17H,5,7,13H2,1-4H3. The van der Waals surface area contributed by atoms with Gasteiger partial charge in [0.1, 0.15) is 0 Å². The zero-order chi connectivity index (χ0) is 12.7. The molecule has 1 N–H and O–H groups in total. The van der Waals surface area contributed by atoms with E-state index in [0.29, 0.717) is 0 Å². The second kappa shape index (κ2) is 6.61. The first-order chi connectivity index (χ1) is 8.01. The van der Waals surface area contributed by atoms with Gasteiger partial charge in [-0.25, -0.2) is 0 Å². The Kier molecular flexibility index (Phi) is 5.43. The van der Waals surface area contributed by atoms with Gasteiger partial charge in [-0.15, -0.1) is 0 Å². The van der Waals surface area contributed by atoms with Gasteiger partial charge in [0.2, 0.25) is 0 Å². The van der Waals surface area contributed by atoms with Gasteiger partial charge in [-0.05, 0) is 51.3 Å². The van der Waals surface area contributed by atoms with E-state index >= 15 is 0 Å². The molecule has 0 radical (unpaired) electrons. The summed E-state index contributed by atoms with van der Waals surface area (Å²) in [5.74, 6) is 0. The Balaban J connectivity index is 2.33. The van der Waals surface area contributed by atoms with Crippen molar-refractivity contribution in [2.75, 3.05) is 6.54 Å². The quantitative estimate of drug-likeness (QED) is 0.754. The van der Waals surface area contributed by atoms with E-state index in [9.17, 15) is 0 Å². The first-order valence-electron chi connectivity index (χ1n) is 6.52. The normalized spacial score (nSPS) is 12.2. The lowest BCUT2D eigenvalue weighted by molar-refractivity contribution is 0.431. The molecule has 0 aliphatic heterocycles. The SMILES string of the molecule is CCc1ccc(C=CCCNC(C)(C)C)cc1. The largest absolute Gasteiger partial charge is 0.312 e. The molecule has 1 aromatic carbocycles. The van der Waals surface area contributed by atoms with E-state index in [4.69, 9.17) is 0 Å². The van der Waals surface area contributed by atoms with Crippen molar-refractivity contribution in [1.29, 1.82) is 0 Å². The summed E-state index contributed by atoms with van der Waals surface area (Å²) in [6, 6.07) is 8.78. The summed E-state index contributed by atoms with van der Waals surface area (Å²) in [5, 5.41) is 3.48. The maximum absolute atomic E-state index is 3.48. The minimum Gasteiger partial charge on any atom is -0.312 e. The van der Waals surface area contributed by atoms with E-state index in [0.717, 1.165) is 19.4 Å². The smallest absolute Gasteiger partial charge is 0.00966 e. The monoisotopic (exact) mass is 231 g/mol. The Labute approximate surface area is 106 Å². The summed E-state index contributed by atoms with van der Waals surface area (Å²) in [5.41, 5.74) is 2.91. The third kappa shape index (κ3) is 6.28. The third-order valence-corrected chi connectivity index (χ3v) is 2.66. The molecule has 0 aliphatic carbocycles. The van der Waals surface area contributed by atoms with E-state index in [1.54, 1.807) is 0 Å². The summed E-state index contributed by atoms with van der Waals surface area (Å²) in [6.45, 7) is 9.80. The van der Waals surface area contributed by atoms with Crippen LogP contribution in [0.25, 0.3) is 6.08 Å². The van der Waals surface area contributed by atoms with E-state index in [1.807, 2.05) is 0 Å². The van der Waals surface area contributed by atoms with Gasteiger partial charge >= 0.3 is 0 Å². The molecule has 0 spiro atoms. The molecule has 0 heterocycles. The number of benzene rings is 1. The van der Waals surface area contributed by atoms with Gasteiger partial charge in [-0.1, -0.05) is 43.3 Å². The molecule has 0 saturated heterocycles. The van der Waals surface area contributed by atoms with Gasteiger partial charge in [0.15, 0.2) is 0 Å². The molecule has 0 amide bonds. The zero-order valence-electron chi connectivity index (χ0n) is 11.6. The topological polar surface area (TPSA) is 12.0 Å². The summed E-state index contributed by atoms with van der Waals surface area (Å²) in [4.78, 5) is 0. The molecule has 0 aliphatic rings. The van der Waals surface area contributed by atoms with E-state index in [1.165, 1.54) is 11.1 Å². The molecule has 0 aromatic heterocycles. The first kappa shape index (κ1) is 14.0. The summed E-state index contributed by atoms with van der Waals surface area (Å²) in [6.07, 6.45) is 6.62. The lowest BCUT2D eigenvalue weighted by atomic mass is 10.1. The Morgan fingerprint density at radius 3 is 2.29 bits per heavy atom. The lowest BCUT2D eigenvalue weighted by Gasteiger charge is -2.19. The van der Waals surface area contributed by atoms with E-state index < -0.39 is 0 Å². The van der Waals surface area contributed by atoms with Crippen molar-refractivity contribution in [3.8, 4) is 0 Å². The maximum atomic E-state index is 3.48. The number of nitrogens with one attached hydrogen (secondary N) is 1. The van der Waals surface area contributed by atoms with Crippen molar-refractivity contribution < 1.29 is 0 Å². The molecule has 0 fully saturated rings. The number of rotatable bonds is 5. The predicted molar refractivity (Wildman–Crippen MR) is 77.2 cm³/mol. The summed E-state index contributed by atoms with van der Waals surface area (Å²) >= 11 is 0. The fourth-order valence-corrected chi connectivity index (χ4v) is 1.61.